The van der Waals surface area contributed by atoms with Crippen molar-refractivity contribution in [3.05, 3.63) is 53.6 Å². The molecular formula is C21H24N2O3. The Morgan fingerprint density at radius 2 is 1.69 bits per heavy atom. The second kappa shape index (κ2) is 6.90. The minimum Gasteiger partial charge on any atom is -0.454 e. The summed E-state index contributed by atoms with van der Waals surface area (Å²) in [5.74, 6) is 1.90. The number of anilines is 1. The first-order chi connectivity index (χ1) is 12.6. The molecule has 0 bridgehead atoms. The highest BCUT2D eigenvalue weighted by Gasteiger charge is 2.25. The molecule has 0 atom stereocenters. The van der Waals surface area contributed by atoms with Crippen LogP contribution in [0.4, 0.5) is 5.69 Å². The Labute approximate surface area is 154 Å². The van der Waals surface area contributed by atoms with Gasteiger partial charge in [0.1, 0.15) is 0 Å². The lowest BCUT2D eigenvalue weighted by Gasteiger charge is -2.37. The van der Waals surface area contributed by atoms with Crippen LogP contribution in [0.5, 0.6) is 11.5 Å². The van der Waals surface area contributed by atoms with Crippen LogP contribution in [0.25, 0.3) is 0 Å². The van der Waals surface area contributed by atoms with Crippen LogP contribution in [0, 0.1) is 0 Å². The van der Waals surface area contributed by atoms with E-state index in [2.05, 4.69) is 43.0 Å². The lowest BCUT2D eigenvalue weighted by Crippen LogP contribution is -2.49. The van der Waals surface area contributed by atoms with Crippen LogP contribution >= 0.6 is 0 Å². The van der Waals surface area contributed by atoms with Crippen LogP contribution in [-0.2, 0) is 0 Å². The number of fused-ring (bicyclic) bond motifs is 1. The number of piperazine rings is 1. The van der Waals surface area contributed by atoms with Crippen molar-refractivity contribution in [3.8, 4) is 11.5 Å². The number of ether oxygens (including phenoxy) is 2. The molecule has 1 fully saturated rings. The summed E-state index contributed by atoms with van der Waals surface area (Å²) in [5.41, 5.74) is 3.31. The Morgan fingerprint density at radius 1 is 0.962 bits per heavy atom. The minimum absolute atomic E-state index is 0.0556. The summed E-state index contributed by atoms with van der Waals surface area (Å²) in [4.78, 5) is 17.1. The summed E-state index contributed by atoms with van der Waals surface area (Å²) in [6.45, 7) is 7.80. The molecule has 2 aliphatic heterocycles. The molecule has 0 aliphatic carbocycles. The van der Waals surface area contributed by atoms with Crippen molar-refractivity contribution < 1.29 is 14.3 Å². The highest BCUT2D eigenvalue weighted by Crippen LogP contribution is 2.33. The predicted molar refractivity (Wildman–Crippen MR) is 101 cm³/mol. The van der Waals surface area contributed by atoms with E-state index in [1.54, 1.807) is 6.07 Å². The average Bonchev–Trinajstić information content (AvgIpc) is 3.15. The predicted octanol–water partition coefficient (Wildman–Crippen LogP) is 3.50. The monoisotopic (exact) mass is 352 g/mol. The normalized spacial score (nSPS) is 16.3. The topological polar surface area (TPSA) is 42.0 Å². The van der Waals surface area contributed by atoms with Gasteiger partial charge in [-0.1, -0.05) is 32.0 Å². The molecule has 2 aromatic carbocycles. The Balaban J connectivity index is 1.45. The minimum atomic E-state index is 0.0556. The fraction of sp³-hybridized carbons (Fsp3) is 0.381. The molecule has 5 heteroatoms. The van der Waals surface area contributed by atoms with Crippen molar-refractivity contribution in [2.24, 2.45) is 0 Å². The molecule has 0 radical (unpaired) electrons. The van der Waals surface area contributed by atoms with Crippen LogP contribution in [0.2, 0.25) is 0 Å². The molecular weight excluding hydrogens is 328 g/mol. The van der Waals surface area contributed by atoms with Crippen LogP contribution in [-0.4, -0.2) is 43.8 Å². The highest BCUT2D eigenvalue weighted by molar-refractivity contribution is 5.95. The third-order valence-corrected chi connectivity index (χ3v) is 5.09. The molecule has 5 nitrogen and oxygen atoms in total. The number of amides is 1. The zero-order valence-corrected chi connectivity index (χ0v) is 15.3. The van der Waals surface area contributed by atoms with E-state index in [0.29, 0.717) is 23.0 Å². The number of benzene rings is 2. The maximum Gasteiger partial charge on any atom is 0.254 e. The fourth-order valence-electron chi connectivity index (χ4n) is 3.63. The van der Waals surface area contributed by atoms with Crippen LogP contribution < -0.4 is 14.4 Å². The first-order valence-electron chi connectivity index (χ1n) is 9.16. The lowest BCUT2D eigenvalue weighted by molar-refractivity contribution is 0.0746. The van der Waals surface area contributed by atoms with Gasteiger partial charge in [0.25, 0.3) is 5.91 Å². The van der Waals surface area contributed by atoms with E-state index in [0.717, 1.165) is 26.2 Å². The van der Waals surface area contributed by atoms with E-state index in [-0.39, 0.29) is 12.7 Å². The zero-order chi connectivity index (χ0) is 18.1. The molecule has 1 saturated heterocycles. The van der Waals surface area contributed by atoms with Gasteiger partial charge in [0.2, 0.25) is 6.79 Å². The number of para-hydroxylation sites is 1. The molecule has 2 aromatic rings. The van der Waals surface area contributed by atoms with E-state index in [9.17, 15) is 4.79 Å². The molecule has 0 spiro atoms. The van der Waals surface area contributed by atoms with Crippen molar-refractivity contribution in [2.45, 2.75) is 19.8 Å². The molecule has 4 rings (SSSR count). The van der Waals surface area contributed by atoms with Gasteiger partial charge in [-0.2, -0.15) is 0 Å². The maximum absolute atomic E-state index is 12.8. The largest absolute Gasteiger partial charge is 0.454 e. The third-order valence-electron chi connectivity index (χ3n) is 5.09. The second-order valence-corrected chi connectivity index (χ2v) is 7.06. The first kappa shape index (κ1) is 16.8. The summed E-state index contributed by atoms with van der Waals surface area (Å²) >= 11 is 0. The summed E-state index contributed by atoms with van der Waals surface area (Å²) in [6, 6.07) is 14.0. The van der Waals surface area contributed by atoms with Crippen LogP contribution in [0.15, 0.2) is 42.5 Å². The average molecular weight is 352 g/mol. The smallest absolute Gasteiger partial charge is 0.254 e. The van der Waals surface area contributed by atoms with Gasteiger partial charge < -0.3 is 19.3 Å². The number of rotatable bonds is 3. The van der Waals surface area contributed by atoms with Crippen molar-refractivity contribution >= 4 is 11.6 Å². The first-order valence-corrected chi connectivity index (χ1v) is 9.16. The van der Waals surface area contributed by atoms with Crippen LogP contribution in [0.3, 0.4) is 0 Å². The molecule has 0 N–H and O–H groups in total. The number of hydrogen-bond donors (Lipinski definition) is 0. The number of carbonyl (C=O) groups is 1. The summed E-state index contributed by atoms with van der Waals surface area (Å²) in [6.07, 6.45) is 0. The van der Waals surface area contributed by atoms with Gasteiger partial charge in [-0.05, 0) is 35.7 Å². The van der Waals surface area contributed by atoms with E-state index < -0.39 is 0 Å². The fourth-order valence-corrected chi connectivity index (χ4v) is 3.63. The summed E-state index contributed by atoms with van der Waals surface area (Å²) in [7, 11) is 0. The number of hydrogen-bond acceptors (Lipinski definition) is 4. The van der Waals surface area contributed by atoms with Gasteiger partial charge in [0.05, 0.1) is 0 Å². The van der Waals surface area contributed by atoms with Gasteiger partial charge in [0.15, 0.2) is 11.5 Å². The molecule has 26 heavy (non-hydrogen) atoms. The van der Waals surface area contributed by atoms with Gasteiger partial charge in [-0.15, -0.1) is 0 Å². The van der Waals surface area contributed by atoms with E-state index in [1.165, 1.54) is 11.3 Å². The Kier molecular flexibility index (Phi) is 4.45. The van der Waals surface area contributed by atoms with Crippen molar-refractivity contribution in [2.75, 3.05) is 37.9 Å². The highest BCUT2D eigenvalue weighted by atomic mass is 16.7. The molecule has 0 aromatic heterocycles. The number of nitrogens with zero attached hydrogens (tertiary/aromatic N) is 2. The van der Waals surface area contributed by atoms with E-state index in [4.69, 9.17) is 9.47 Å². The zero-order valence-electron chi connectivity index (χ0n) is 15.3. The molecule has 1 amide bonds. The SMILES string of the molecule is CC(C)c1ccccc1N1CCN(C(=O)c2ccc3c(c2)OCO3)CC1. The van der Waals surface area contributed by atoms with Gasteiger partial charge in [-0.3, -0.25) is 4.79 Å². The van der Waals surface area contributed by atoms with Gasteiger partial charge in [-0.25, -0.2) is 0 Å². The molecule has 2 aliphatic rings. The second-order valence-electron chi connectivity index (χ2n) is 7.06. The molecule has 0 saturated carbocycles. The Bertz CT molecular complexity index is 811. The maximum atomic E-state index is 12.8. The standard InChI is InChI=1S/C21H24N2O3/c1-15(2)17-5-3-4-6-18(17)22-9-11-23(12-10-22)21(24)16-7-8-19-20(13-16)26-14-25-19/h3-8,13,15H,9-12,14H2,1-2H3. The summed E-state index contributed by atoms with van der Waals surface area (Å²) < 4.78 is 10.7. The molecule has 0 unspecified atom stereocenters. The van der Waals surface area contributed by atoms with Crippen molar-refractivity contribution in [1.82, 2.24) is 4.90 Å². The molecule has 2 heterocycles. The van der Waals surface area contributed by atoms with Gasteiger partial charge >= 0.3 is 0 Å². The lowest BCUT2D eigenvalue weighted by atomic mass is 10.00. The van der Waals surface area contributed by atoms with Crippen molar-refractivity contribution in [3.63, 3.8) is 0 Å². The summed E-state index contributed by atoms with van der Waals surface area (Å²) in [5, 5.41) is 0. The van der Waals surface area contributed by atoms with E-state index >= 15 is 0 Å². The van der Waals surface area contributed by atoms with Gasteiger partial charge in [0, 0.05) is 37.4 Å². The van der Waals surface area contributed by atoms with Crippen LogP contribution in [0.1, 0.15) is 35.7 Å². The Morgan fingerprint density at radius 3 is 2.46 bits per heavy atom. The van der Waals surface area contributed by atoms with E-state index in [1.807, 2.05) is 17.0 Å². The van der Waals surface area contributed by atoms with Crippen molar-refractivity contribution in [1.29, 1.82) is 0 Å². The number of carbonyl (C=O) groups excluding carboxylic acids is 1. The molecule has 136 valence electrons. The quantitative estimate of drug-likeness (QED) is 0.848. The third kappa shape index (κ3) is 3.09. The Hall–Kier alpha value is -2.69.